The molecule has 7 nitrogen and oxygen atoms in total. The molecule has 11 heteroatoms. The van der Waals surface area contributed by atoms with Crippen molar-refractivity contribution in [1.82, 2.24) is 24.0 Å². The molecule has 1 amide bonds. The maximum absolute atomic E-state index is 13.0. The molecule has 0 unspecified atom stereocenters. The standard InChI is InChI=1S/C18H13F4N5O2/c1-10(19)16(28)25-8-13(9-25)27-15-14(23-6-7-24-15)26(17(27)29)12-4-2-11(3-5-12)18(20,21)22/h2-7,13H,1,8-9H2. The van der Waals surface area contributed by atoms with E-state index in [0.717, 1.165) is 16.7 Å². The second-order valence-corrected chi connectivity index (χ2v) is 6.51. The Morgan fingerprint density at radius 1 is 1.07 bits per heavy atom. The highest BCUT2D eigenvalue weighted by atomic mass is 19.4. The van der Waals surface area contributed by atoms with Crippen LogP contribution in [0.2, 0.25) is 0 Å². The van der Waals surface area contributed by atoms with Gasteiger partial charge in [-0.1, -0.05) is 6.58 Å². The zero-order valence-electron chi connectivity index (χ0n) is 14.7. The number of carbonyl (C=O) groups is 1. The summed E-state index contributed by atoms with van der Waals surface area (Å²) in [6, 6.07) is 3.62. The van der Waals surface area contributed by atoms with E-state index in [-0.39, 0.29) is 30.1 Å². The first kappa shape index (κ1) is 18.8. The van der Waals surface area contributed by atoms with E-state index in [1.165, 1.54) is 34.0 Å². The molecule has 0 N–H and O–H groups in total. The molecule has 1 fully saturated rings. The molecule has 1 aromatic carbocycles. The van der Waals surface area contributed by atoms with Gasteiger partial charge in [-0.15, -0.1) is 0 Å². The van der Waals surface area contributed by atoms with E-state index in [1.807, 2.05) is 0 Å². The van der Waals surface area contributed by atoms with E-state index < -0.39 is 35.2 Å². The van der Waals surface area contributed by atoms with Crippen LogP contribution in [0.15, 0.2) is 53.9 Å². The van der Waals surface area contributed by atoms with Gasteiger partial charge < -0.3 is 4.90 Å². The molecule has 1 saturated heterocycles. The molecule has 150 valence electrons. The number of rotatable bonds is 3. The third-order valence-electron chi connectivity index (χ3n) is 4.70. The minimum absolute atomic E-state index is 0.0738. The van der Waals surface area contributed by atoms with Gasteiger partial charge in [0, 0.05) is 25.5 Å². The third kappa shape index (κ3) is 3.08. The predicted octanol–water partition coefficient (Wildman–Crippen LogP) is 2.47. The van der Waals surface area contributed by atoms with Gasteiger partial charge in [-0.05, 0) is 24.3 Å². The van der Waals surface area contributed by atoms with Crippen LogP contribution in [0.25, 0.3) is 17.0 Å². The Kier molecular flexibility index (Phi) is 4.25. The van der Waals surface area contributed by atoms with Gasteiger partial charge in [0.15, 0.2) is 17.1 Å². The van der Waals surface area contributed by atoms with Crippen molar-refractivity contribution in [3.05, 3.63) is 65.1 Å². The molecule has 0 bridgehead atoms. The Bertz CT molecular complexity index is 1170. The first-order valence-corrected chi connectivity index (χ1v) is 8.43. The maximum atomic E-state index is 13.0. The van der Waals surface area contributed by atoms with Gasteiger partial charge in [-0.2, -0.15) is 13.2 Å². The van der Waals surface area contributed by atoms with Crippen molar-refractivity contribution < 1.29 is 22.4 Å². The topological polar surface area (TPSA) is 73.0 Å². The molecule has 29 heavy (non-hydrogen) atoms. The van der Waals surface area contributed by atoms with Crippen LogP contribution < -0.4 is 5.69 Å². The second kappa shape index (κ2) is 6.54. The van der Waals surface area contributed by atoms with Crippen LogP contribution in [-0.2, 0) is 11.0 Å². The third-order valence-corrected chi connectivity index (χ3v) is 4.70. The van der Waals surface area contributed by atoms with Gasteiger partial charge in [0.25, 0.3) is 5.91 Å². The largest absolute Gasteiger partial charge is 0.416 e. The summed E-state index contributed by atoms with van der Waals surface area (Å²) in [7, 11) is 0. The molecule has 0 spiro atoms. The number of fused-ring (bicyclic) bond motifs is 1. The smallest absolute Gasteiger partial charge is 0.332 e. The Morgan fingerprint density at radius 2 is 1.66 bits per heavy atom. The van der Waals surface area contributed by atoms with Crippen molar-refractivity contribution in [2.24, 2.45) is 0 Å². The van der Waals surface area contributed by atoms with Crippen molar-refractivity contribution in [3.8, 4) is 5.69 Å². The predicted molar refractivity (Wildman–Crippen MR) is 94.0 cm³/mol. The Morgan fingerprint density at radius 3 is 2.21 bits per heavy atom. The fourth-order valence-electron chi connectivity index (χ4n) is 3.26. The number of amides is 1. The lowest BCUT2D eigenvalue weighted by atomic mass is 10.1. The van der Waals surface area contributed by atoms with E-state index in [2.05, 4.69) is 16.5 Å². The average molecular weight is 407 g/mol. The highest BCUT2D eigenvalue weighted by molar-refractivity contribution is 5.91. The fraction of sp³-hybridized carbons (Fsp3) is 0.222. The van der Waals surface area contributed by atoms with E-state index in [1.54, 1.807) is 0 Å². The molecular weight excluding hydrogens is 394 g/mol. The quantitative estimate of drug-likeness (QED) is 0.494. The average Bonchev–Trinajstić information content (AvgIpc) is 2.92. The lowest BCUT2D eigenvalue weighted by Crippen LogP contribution is -2.52. The monoisotopic (exact) mass is 407 g/mol. The highest BCUT2D eigenvalue weighted by Crippen LogP contribution is 2.30. The SMILES string of the molecule is C=C(F)C(=O)N1CC(n2c(=O)n(-c3ccc(C(F)(F)F)cc3)c3nccnc32)C1. The zero-order chi connectivity index (χ0) is 20.9. The lowest BCUT2D eigenvalue weighted by Gasteiger charge is -2.38. The summed E-state index contributed by atoms with van der Waals surface area (Å²) in [6.45, 7) is 3.11. The summed E-state index contributed by atoms with van der Waals surface area (Å²) < 4.78 is 53.9. The number of halogens is 4. The summed E-state index contributed by atoms with van der Waals surface area (Å²) in [5.41, 5.74) is -0.840. The normalized spacial score (nSPS) is 14.8. The van der Waals surface area contributed by atoms with Gasteiger partial charge >= 0.3 is 11.9 Å². The lowest BCUT2D eigenvalue weighted by molar-refractivity contribution is -0.137. The van der Waals surface area contributed by atoms with Crippen LogP contribution in [0, 0.1) is 0 Å². The minimum atomic E-state index is -4.50. The van der Waals surface area contributed by atoms with Gasteiger partial charge in [-0.25, -0.2) is 23.7 Å². The summed E-state index contributed by atoms with van der Waals surface area (Å²) >= 11 is 0. The van der Waals surface area contributed by atoms with E-state index in [4.69, 9.17) is 0 Å². The summed E-state index contributed by atoms with van der Waals surface area (Å²) in [5.74, 6) is -1.95. The van der Waals surface area contributed by atoms with E-state index in [9.17, 15) is 27.2 Å². The molecule has 1 aliphatic heterocycles. The maximum Gasteiger partial charge on any atom is 0.416 e. The summed E-state index contributed by atoms with van der Waals surface area (Å²) in [5, 5.41) is 0. The van der Waals surface area contributed by atoms with Crippen LogP contribution in [0.5, 0.6) is 0 Å². The number of hydrogen-bond acceptors (Lipinski definition) is 4. The first-order valence-electron chi connectivity index (χ1n) is 8.43. The van der Waals surface area contributed by atoms with Gasteiger partial charge in [-0.3, -0.25) is 9.36 Å². The summed E-state index contributed by atoms with van der Waals surface area (Å²) in [6.07, 6.45) is -1.77. The van der Waals surface area contributed by atoms with Gasteiger partial charge in [0.1, 0.15) is 0 Å². The van der Waals surface area contributed by atoms with Gasteiger partial charge in [0.05, 0.1) is 17.3 Å². The van der Waals surface area contributed by atoms with Crippen LogP contribution in [0.1, 0.15) is 11.6 Å². The molecule has 3 aromatic rings. The molecule has 4 rings (SSSR count). The number of nitrogens with zero attached hydrogens (tertiary/aromatic N) is 5. The van der Waals surface area contributed by atoms with Crippen LogP contribution >= 0.6 is 0 Å². The van der Waals surface area contributed by atoms with E-state index >= 15 is 0 Å². The van der Waals surface area contributed by atoms with Crippen molar-refractivity contribution in [2.75, 3.05) is 13.1 Å². The van der Waals surface area contributed by atoms with Crippen molar-refractivity contribution in [2.45, 2.75) is 12.2 Å². The Balaban J connectivity index is 1.76. The molecule has 1 aliphatic rings. The molecule has 3 heterocycles. The van der Waals surface area contributed by atoms with Crippen LogP contribution in [0.4, 0.5) is 17.6 Å². The number of hydrogen-bond donors (Lipinski definition) is 0. The summed E-state index contributed by atoms with van der Waals surface area (Å²) in [4.78, 5) is 34.2. The zero-order valence-corrected chi connectivity index (χ0v) is 14.7. The molecule has 0 radical (unpaired) electrons. The number of imidazole rings is 1. The van der Waals surface area contributed by atoms with Crippen LogP contribution in [0.3, 0.4) is 0 Å². The molecule has 0 atom stereocenters. The van der Waals surface area contributed by atoms with Crippen molar-refractivity contribution in [1.29, 1.82) is 0 Å². The Labute approximate surface area is 160 Å². The molecular formula is C18H13F4N5O2. The fourth-order valence-corrected chi connectivity index (χ4v) is 3.26. The number of likely N-dealkylation sites (tertiary alicyclic amines) is 1. The number of benzene rings is 1. The number of carbonyl (C=O) groups excluding carboxylic acids is 1. The number of alkyl halides is 3. The molecule has 0 aliphatic carbocycles. The second-order valence-electron chi connectivity index (χ2n) is 6.51. The minimum Gasteiger partial charge on any atom is -0.332 e. The number of aromatic nitrogens is 4. The van der Waals surface area contributed by atoms with Crippen molar-refractivity contribution >= 4 is 17.2 Å². The highest BCUT2D eigenvalue weighted by Gasteiger charge is 2.36. The molecule has 2 aromatic heterocycles. The van der Waals surface area contributed by atoms with Crippen LogP contribution in [-0.4, -0.2) is 43.0 Å². The van der Waals surface area contributed by atoms with E-state index in [0.29, 0.717) is 0 Å². The first-order chi connectivity index (χ1) is 13.7. The Hall–Kier alpha value is -3.50. The van der Waals surface area contributed by atoms with Crippen molar-refractivity contribution in [3.63, 3.8) is 0 Å². The molecule has 0 saturated carbocycles. The van der Waals surface area contributed by atoms with Gasteiger partial charge in [0.2, 0.25) is 0 Å².